The van der Waals surface area contributed by atoms with Crippen LogP contribution in [0.25, 0.3) is 0 Å². The summed E-state index contributed by atoms with van der Waals surface area (Å²) in [5.74, 6) is -0.334. The lowest BCUT2D eigenvalue weighted by atomic mass is 10.1. The number of benzene rings is 2. The van der Waals surface area contributed by atoms with E-state index < -0.39 is 0 Å². The van der Waals surface area contributed by atoms with Gasteiger partial charge < -0.3 is 0 Å². The van der Waals surface area contributed by atoms with Crippen molar-refractivity contribution in [3.8, 4) is 0 Å². The molecule has 0 spiro atoms. The van der Waals surface area contributed by atoms with E-state index in [1.807, 2.05) is 18.2 Å². The number of ketones is 1. The zero-order valence-corrected chi connectivity index (χ0v) is 13.6. The molecule has 0 aromatic heterocycles. The van der Waals surface area contributed by atoms with Crippen molar-refractivity contribution in [2.24, 2.45) is 5.10 Å². The molecule has 4 nitrogen and oxygen atoms in total. The first-order valence-electron chi connectivity index (χ1n) is 6.73. The largest absolute Gasteiger partial charge is 0.294 e. The van der Waals surface area contributed by atoms with Gasteiger partial charge in [0.05, 0.1) is 6.42 Å². The molecule has 1 N–H and O–H groups in total. The molecule has 112 valence electrons. The van der Waals surface area contributed by atoms with E-state index in [-0.39, 0.29) is 18.1 Å². The average molecular weight is 359 g/mol. The van der Waals surface area contributed by atoms with Crippen molar-refractivity contribution in [2.45, 2.75) is 13.3 Å². The van der Waals surface area contributed by atoms with Crippen molar-refractivity contribution in [1.82, 2.24) is 5.43 Å². The molecule has 0 heterocycles. The summed E-state index contributed by atoms with van der Waals surface area (Å²) in [5.41, 5.74) is 4.15. The highest BCUT2D eigenvalue weighted by Crippen LogP contribution is 2.12. The van der Waals surface area contributed by atoms with Crippen LogP contribution in [-0.4, -0.2) is 17.4 Å². The fourth-order valence-corrected chi connectivity index (χ4v) is 2.07. The molecule has 0 radical (unpaired) electrons. The average Bonchev–Trinajstić information content (AvgIpc) is 2.54. The molecular formula is C17H15BrN2O2. The number of nitrogens with one attached hydrogen (secondary N) is 1. The number of amides is 1. The van der Waals surface area contributed by atoms with Crippen molar-refractivity contribution < 1.29 is 9.59 Å². The predicted octanol–water partition coefficient (Wildman–Crippen LogP) is 3.83. The number of halogens is 1. The van der Waals surface area contributed by atoms with Crippen LogP contribution in [0.2, 0.25) is 0 Å². The summed E-state index contributed by atoms with van der Waals surface area (Å²) in [4.78, 5) is 23.9. The molecule has 2 rings (SSSR count). The maximum Gasteiger partial charge on any atom is 0.271 e. The summed E-state index contributed by atoms with van der Waals surface area (Å²) in [6.07, 6.45) is 0.163. The Hall–Kier alpha value is -2.27. The van der Waals surface area contributed by atoms with E-state index in [0.29, 0.717) is 16.8 Å². The van der Waals surface area contributed by atoms with Crippen LogP contribution in [0.1, 0.15) is 34.1 Å². The maximum absolute atomic E-state index is 12.1. The third-order valence-corrected chi connectivity index (χ3v) is 3.50. The van der Waals surface area contributed by atoms with Crippen molar-refractivity contribution in [3.05, 3.63) is 70.2 Å². The van der Waals surface area contributed by atoms with Gasteiger partial charge in [-0.1, -0.05) is 46.3 Å². The van der Waals surface area contributed by atoms with Gasteiger partial charge in [0, 0.05) is 21.3 Å². The van der Waals surface area contributed by atoms with Crippen molar-refractivity contribution in [3.63, 3.8) is 0 Å². The van der Waals surface area contributed by atoms with Gasteiger partial charge >= 0.3 is 0 Å². The van der Waals surface area contributed by atoms with Crippen LogP contribution in [-0.2, 0) is 0 Å². The van der Waals surface area contributed by atoms with E-state index in [1.54, 1.807) is 43.3 Å². The lowest BCUT2D eigenvalue weighted by molar-refractivity contribution is 0.0951. The molecule has 0 saturated carbocycles. The molecule has 0 saturated heterocycles. The third-order valence-electron chi connectivity index (χ3n) is 2.97. The van der Waals surface area contributed by atoms with Gasteiger partial charge in [0.1, 0.15) is 0 Å². The summed E-state index contributed by atoms with van der Waals surface area (Å²) in [6.45, 7) is 1.71. The summed E-state index contributed by atoms with van der Waals surface area (Å²) >= 11 is 3.33. The minimum Gasteiger partial charge on any atom is -0.294 e. The number of nitrogens with zero attached hydrogens (tertiary/aromatic N) is 1. The lowest BCUT2D eigenvalue weighted by Gasteiger charge is -2.03. The standard InChI is InChI=1S/C17H15BrN2O2/c1-12(11-16(21)13-7-9-15(18)10-8-13)19-20-17(22)14-5-3-2-4-6-14/h2-10H,11H2,1H3,(H,20,22). The minimum atomic E-state index is -0.295. The van der Waals surface area contributed by atoms with Crippen LogP contribution in [0.3, 0.4) is 0 Å². The molecular weight excluding hydrogens is 344 g/mol. The molecule has 1 amide bonds. The Morgan fingerprint density at radius 2 is 1.64 bits per heavy atom. The third kappa shape index (κ3) is 4.63. The van der Waals surface area contributed by atoms with Gasteiger partial charge in [0.15, 0.2) is 5.78 Å². The number of Topliss-reactive ketones (excluding diaryl/α,β-unsaturated/α-hetero) is 1. The highest BCUT2D eigenvalue weighted by molar-refractivity contribution is 9.10. The molecule has 2 aromatic carbocycles. The number of hydrazone groups is 1. The van der Waals surface area contributed by atoms with Gasteiger partial charge in [-0.25, -0.2) is 5.43 Å². The fourth-order valence-electron chi connectivity index (χ4n) is 1.81. The highest BCUT2D eigenvalue weighted by Gasteiger charge is 2.08. The molecule has 0 unspecified atom stereocenters. The number of hydrogen-bond donors (Lipinski definition) is 1. The monoisotopic (exact) mass is 358 g/mol. The Kier molecular flexibility index (Phi) is 5.61. The Balaban J connectivity index is 1.94. The van der Waals surface area contributed by atoms with E-state index in [0.717, 1.165) is 4.47 Å². The van der Waals surface area contributed by atoms with Crippen molar-refractivity contribution in [1.29, 1.82) is 0 Å². The van der Waals surface area contributed by atoms with Crippen LogP contribution in [0.5, 0.6) is 0 Å². The molecule has 5 heteroatoms. The predicted molar refractivity (Wildman–Crippen MR) is 90.1 cm³/mol. The molecule has 0 fully saturated rings. The zero-order valence-electron chi connectivity index (χ0n) is 12.0. The van der Waals surface area contributed by atoms with E-state index in [2.05, 4.69) is 26.5 Å². The molecule has 0 atom stereocenters. The second kappa shape index (κ2) is 7.66. The topological polar surface area (TPSA) is 58.5 Å². The Morgan fingerprint density at radius 1 is 1.00 bits per heavy atom. The number of rotatable bonds is 5. The molecule has 0 aliphatic carbocycles. The number of hydrogen-bond acceptors (Lipinski definition) is 3. The van der Waals surface area contributed by atoms with Crippen LogP contribution in [0, 0.1) is 0 Å². The van der Waals surface area contributed by atoms with Gasteiger partial charge in [-0.2, -0.15) is 5.10 Å². The number of carbonyl (C=O) groups is 2. The van der Waals surface area contributed by atoms with Crippen molar-refractivity contribution >= 4 is 33.3 Å². The molecule has 22 heavy (non-hydrogen) atoms. The van der Waals surface area contributed by atoms with Gasteiger partial charge in [0.25, 0.3) is 5.91 Å². The Labute approximate surface area is 137 Å². The van der Waals surface area contributed by atoms with Gasteiger partial charge in [0.2, 0.25) is 0 Å². The highest BCUT2D eigenvalue weighted by atomic mass is 79.9. The smallest absolute Gasteiger partial charge is 0.271 e. The first kappa shape index (κ1) is 16.1. The summed E-state index contributed by atoms with van der Waals surface area (Å²) < 4.78 is 0.921. The summed E-state index contributed by atoms with van der Waals surface area (Å²) in [7, 11) is 0. The fraction of sp³-hybridized carbons (Fsp3) is 0.118. The van der Waals surface area contributed by atoms with Gasteiger partial charge in [-0.3, -0.25) is 9.59 Å². The normalized spacial score (nSPS) is 11.1. The van der Waals surface area contributed by atoms with Crippen LogP contribution in [0.15, 0.2) is 64.2 Å². The zero-order chi connectivity index (χ0) is 15.9. The van der Waals surface area contributed by atoms with Gasteiger partial charge in [-0.05, 0) is 31.2 Å². The minimum absolute atomic E-state index is 0.0392. The second-order valence-electron chi connectivity index (χ2n) is 4.76. The maximum atomic E-state index is 12.1. The first-order chi connectivity index (χ1) is 10.6. The Bertz CT molecular complexity index is 694. The van der Waals surface area contributed by atoms with E-state index >= 15 is 0 Å². The van der Waals surface area contributed by atoms with Crippen LogP contribution >= 0.6 is 15.9 Å². The number of carbonyl (C=O) groups excluding carboxylic acids is 2. The second-order valence-corrected chi connectivity index (χ2v) is 5.68. The Morgan fingerprint density at radius 3 is 2.27 bits per heavy atom. The molecule has 2 aromatic rings. The van der Waals surface area contributed by atoms with E-state index in [1.165, 1.54) is 0 Å². The van der Waals surface area contributed by atoms with Gasteiger partial charge in [-0.15, -0.1) is 0 Å². The van der Waals surface area contributed by atoms with E-state index in [4.69, 9.17) is 0 Å². The summed E-state index contributed by atoms with van der Waals surface area (Å²) in [6, 6.07) is 15.9. The lowest BCUT2D eigenvalue weighted by Crippen LogP contribution is -2.19. The molecule has 0 aliphatic heterocycles. The van der Waals surface area contributed by atoms with Crippen molar-refractivity contribution in [2.75, 3.05) is 0 Å². The summed E-state index contributed by atoms with van der Waals surface area (Å²) in [5, 5.41) is 3.97. The SMILES string of the molecule is CC(CC(=O)c1ccc(Br)cc1)=NNC(=O)c1ccccc1. The van der Waals surface area contributed by atoms with Crippen LogP contribution in [0.4, 0.5) is 0 Å². The molecule has 0 aliphatic rings. The first-order valence-corrected chi connectivity index (χ1v) is 7.53. The molecule has 0 bridgehead atoms. The van der Waals surface area contributed by atoms with Crippen LogP contribution < -0.4 is 5.43 Å². The quantitative estimate of drug-likeness (QED) is 0.501. The van der Waals surface area contributed by atoms with E-state index in [9.17, 15) is 9.59 Å².